The average molecular weight is 360 g/mol. The van der Waals surface area contributed by atoms with Crippen molar-refractivity contribution in [3.63, 3.8) is 0 Å². The molecule has 2 aromatic rings. The highest BCUT2D eigenvalue weighted by atomic mass is 16.6. The zero-order valence-corrected chi connectivity index (χ0v) is 14.8. The molecule has 1 amide bonds. The predicted octanol–water partition coefficient (Wildman–Crippen LogP) is 3.66. The number of hydrogen-bond acceptors (Lipinski definition) is 6. The normalized spacial score (nSPS) is 11.7. The van der Waals surface area contributed by atoms with Crippen LogP contribution in [0.2, 0.25) is 0 Å². The van der Waals surface area contributed by atoms with Gasteiger partial charge in [0.2, 0.25) is 0 Å². The Bertz CT molecular complexity index is 836. The first kappa shape index (κ1) is 19.2. The van der Waals surface area contributed by atoms with Gasteiger partial charge in [0.1, 0.15) is 6.04 Å². The quantitative estimate of drug-likeness (QED) is 0.443. The van der Waals surface area contributed by atoms with E-state index in [1.165, 1.54) is 17.0 Å². The molecule has 0 aliphatic rings. The number of carbonyl (C=O) groups is 2. The van der Waals surface area contributed by atoms with Gasteiger partial charge in [0.05, 0.1) is 18.1 Å². The van der Waals surface area contributed by atoms with E-state index in [9.17, 15) is 19.7 Å². The van der Waals surface area contributed by atoms with Gasteiger partial charge >= 0.3 is 12.1 Å². The molecule has 0 aliphatic heterocycles. The van der Waals surface area contributed by atoms with E-state index < -0.39 is 23.0 Å². The van der Waals surface area contributed by atoms with Gasteiger partial charge in [0.15, 0.2) is 0 Å². The summed E-state index contributed by atoms with van der Waals surface area (Å²) in [5.74, 6) is -0.552. The van der Waals surface area contributed by atoms with Crippen LogP contribution in [0.5, 0.6) is 0 Å². The van der Waals surface area contributed by atoms with Crippen LogP contribution in [0.4, 0.5) is 16.2 Å². The molecule has 0 spiro atoms. The van der Waals surface area contributed by atoms with Crippen molar-refractivity contribution in [1.29, 1.82) is 0 Å². The molecule has 1 unspecified atom stereocenters. The fourth-order valence-corrected chi connectivity index (χ4v) is 2.53. The van der Waals surface area contributed by atoms with Crippen molar-refractivity contribution >= 4 is 34.2 Å². The van der Waals surface area contributed by atoms with E-state index in [1.54, 1.807) is 45.0 Å². The summed E-state index contributed by atoms with van der Waals surface area (Å²) in [5, 5.41) is 12.2. The topological polar surface area (TPSA) is 99.0 Å². The largest absolute Gasteiger partial charge is 0.464 e. The molecule has 26 heavy (non-hydrogen) atoms. The number of non-ortho nitro benzene ring substituents is 1. The summed E-state index contributed by atoms with van der Waals surface area (Å²) in [5.41, 5.74) is 0.415. The monoisotopic (exact) mass is 360 g/mol. The van der Waals surface area contributed by atoms with E-state index in [-0.39, 0.29) is 18.9 Å². The molecule has 138 valence electrons. The molecule has 2 rings (SSSR count). The number of anilines is 1. The minimum atomic E-state index is -0.885. The van der Waals surface area contributed by atoms with Crippen LogP contribution >= 0.6 is 0 Å². The maximum atomic E-state index is 12.4. The van der Waals surface area contributed by atoms with Crippen LogP contribution in [0.25, 0.3) is 10.8 Å². The third-order valence-corrected chi connectivity index (χ3v) is 3.78. The molecule has 0 saturated carbocycles. The van der Waals surface area contributed by atoms with Gasteiger partial charge < -0.3 is 9.47 Å². The number of fused-ring (bicyclic) bond motifs is 1. The first-order chi connectivity index (χ1) is 12.4. The Hall–Kier alpha value is -3.16. The van der Waals surface area contributed by atoms with Crippen molar-refractivity contribution in [2.24, 2.45) is 0 Å². The average Bonchev–Trinajstić information content (AvgIpc) is 2.61. The van der Waals surface area contributed by atoms with Crippen LogP contribution < -0.4 is 4.90 Å². The van der Waals surface area contributed by atoms with Crippen LogP contribution in [0.1, 0.15) is 20.8 Å². The van der Waals surface area contributed by atoms with Crippen LogP contribution in [0.3, 0.4) is 0 Å². The summed E-state index contributed by atoms with van der Waals surface area (Å²) < 4.78 is 10.1. The van der Waals surface area contributed by atoms with Crippen LogP contribution in [0, 0.1) is 10.1 Å². The highest BCUT2D eigenvalue weighted by molar-refractivity contribution is 5.98. The molecule has 0 bridgehead atoms. The van der Waals surface area contributed by atoms with Gasteiger partial charge in [-0.25, -0.2) is 9.59 Å². The highest BCUT2D eigenvalue weighted by Gasteiger charge is 2.29. The van der Waals surface area contributed by atoms with Gasteiger partial charge in [-0.1, -0.05) is 6.07 Å². The van der Waals surface area contributed by atoms with Crippen LogP contribution in [-0.2, 0) is 14.3 Å². The maximum absolute atomic E-state index is 12.4. The summed E-state index contributed by atoms with van der Waals surface area (Å²) >= 11 is 0. The smallest absolute Gasteiger partial charge is 0.415 e. The van der Waals surface area contributed by atoms with Gasteiger partial charge in [0, 0.05) is 17.8 Å². The van der Waals surface area contributed by atoms with Crippen molar-refractivity contribution < 1.29 is 24.0 Å². The van der Waals surface area contributed by atoms with Crippen molar-refractivity contribution in [2.45, 2.75) is 26.8 Å². The number of hydrogen-bond donors (Lipinski definition) is 0. The van der Waals surface area contributed by atoms with Crippen LogP contribution in [-0.4, -0.2) is 36.2 Å². The van der Waals surface area contributed by atoms with Crippen molar-refractivity contribution in [1.82, 2.24) is 0 Å². The maximum Gasteiger partial charge on any atom is 0.415 e. The standard InChI is InChI=1S/C18H20N2O6/c1-4-25-17(21)12(3)19(18(22)26-5-2)15-8-6-14-11-16(20(23)24)9-7-13(14)10-15/h6-12H,4-5H2,1-3H3. The van der Waals surface area contributed by atoms with E-state index in [2.05, 4.69) is 0 Å². The summed E-state index contributed by atoms with van der Waals surface area (Å²) in [6.45, 7) is 5.26. The van der Waals surface area contributed by atoms with Gasteiger partial charge in [-0.2, -0.15) is 0 Å². The Balaban J connectivity index is 2.46. The minimum Gasteiger partial charge on any atom is -0.464 e. The number of benzene rings is 2. The molecular formula is C18H20N2O6. The summed E-state index contributed by atoms with van der Waals surface area (Å²) in [6.07, 6.45) is -0.672. The van der Waals surface area contributed by atoms with E-state index in [0.29, 0.717) is 16.5 Å². The number of rotatable bonds is 6. The summed E-state index contributed by atoms with van der Waals surface area (Å²) in [6, 6.07) is 8.48. The first-order valence-electron chi connectivity index (χ1n) is 8.19. The Labute approximate surface area is 150 Å². The molecule has 1 atom stereocenters. The molecule has 0 aliphatic carbocycles. The van der Waals surface area contributed by atoms with E-state index in [4.69, 9.17) is 9.47 Å². The Morgan fingerprint density at radius 1 is 1.08 bits per heavy atom. The molecule has 8 heteroatoms. The molecular weight excluding hydrogens is 340 g/mol. The van der Waals surface area contributed by atoms with E-state index >= 15 is 0 Å². The second-order valence-corrected chi connectivity index (χ2v) is 5.47. The highest BCUT2D eigenvalue weighted by Crippen LogP contribution is 2.27. The molecule has 0 fully saturated rings. The Morgan fingerprint density at radius 2 is 1.69 bits per heavy atom. The lowest BCUT2D eigenvalue weighted by molar-refractivity contribution is -0.384. The van der Waals surface area contributed by atoms with Crippen LogP contribution in [0.15, 0.2) is 36.4 Å². The Kier molecular flexibility index (Phi) is 6.11. The van der Waals surface area contributed by atoms with Gasteiger partial charge in [-0.05, 0) is 49.7 Å². The minimum absolute atomic E-state index is 0.0209. The van der Waals surface area contributed by atoms with Crippen molar-refractivity contribution in [2.75, 3.05) is 18.1 Å². The first-order valence-corrected chi connectivity index (χ1v) is 8.19. The predicted molar refractivity (Wildman–Crippen MR) is 96.2 cm³/mol. The second kappa shape index (κ2) is 8.28. The molecule has 2 aromatic carbocycles. The van der Waals surface area contributed by atoms with Crippen molar-refractivity contribution in [3.8, 4) is 0 Å². The van der Waals surface area contributed by atoms with E-state index in [0.717, 1.165) is 0 Å². The number of nitro benzene ring substituents is 1. The van der Waals surface area contributed by atoms with E-state index in [1.807, 2.05) is 0 Å². The third-order valence-electron chi connectivity index (χ3n) is 3.78. The second-order valence-electron chi connectivity index (χ2n) is 5.47. The third kappa shape index (κ3) is 4.08. The fraction of sp³-hybridized carbons (Fsp3) is 0.333. The fourth-order valence-electron chi connectivity index (χ4n) is 2.53. The number of amides is 1. The zero-order valence-electron chi connectivity index (χ0n) is 14.8. The molecule has 8 nitrogen and oxygen atoms in total. The van der Waals surface area contributed by atoms with Crippen molar-refractivity contribution in [3.05, 3.63) is 46.5 Å². The molecule has 0 saturated heterocycles. The molecule has 0 radical (unpaired) electrons. The Morgan fingerprint density at radius 3 is 2.31 bits per heavy atom. The number of esters is 1. The SMILES string of the molecule is CCOC(=O)C(C)N(C(=O)OCC)c1ccc2cc([N+](=O)[O-])ccc2c1. The number of carbonyl (C=O) groups excluding carboxylic acids is 2. The molecule has 0 aromatic heterocycles. The lowest BCUT2D eigenvalue weighted by Crippen LogP contribution is -2.44. The molecule has 0 heterocycles. The number of nitrogens with zero attached hydrogens (tertiary/aromatic N) is 2. The van der Waals surface area contributed by atoms with Gasteiger partial charge in [-0.3, -0.25) is 15.0 Å². The molecule has 0 N–H and O–H groups in total. The van der Waals surface area contributed by atoms with Gasteiger partial charge in [-0.15, -0.1) is 0 Å². The number of nitro groups is 1. The summed E-state index contributed by atoms with van der Waals surface area (Å²) in [7, 11) is 0. The number of ether oxygens (including phenoxy) is 2. The summed E-state index contributed by atoms with van der Waals surface area (Å²) in [4.78, 5) is 36.1. The lowest BCUT2D eigenvalue weighted by atomic mass is 10.1. The van der Waals surface area contributed by atoms with Gasteiger partial charge in [0.25, 0.3) is 5.69 Å². The zero-order chi connectivity index (χ0) is 19.3. The lowest BCUT2D eigenvalue weighted by Gasteiger charge is -2.27.